The van der Waals surface area contributed by atoms with Crippen LogP contribution in [0.2, 0.25) is 0 Å². The first kappa shape index (κ1) is 20.6. The highest BCUT2D eigenvalue weighted by atomic mass is 32.2. The van der Waals surface area contributed by atoms with Gasteiger partial charge in [0.2, 0.25) is 0 Å². The first-order valence-corrected chi connectivity index (χ1v) is 10.8. The summed E-state index contributed by atoms with van der Waals surface area (Å²) in [5.41, 5.74) is -0.199. The SMILES string of the molecule is O=C(NCC(c1cccs1)S(=O)(=O)c1ccc(F)cc1)c1cccc([N+](=O)[O-])c1. The van der Waals surface area contributed by atoms with Crippen LogP contribution in [0, 0.1) is 15.9 Å². The maximum Gasteiger partial charge on any atom is 0.270 e. The number of amides is 1. The van der Waals surface area contributed by atoms with E-state index in [4.69, 9.17) is 0 Å². The Labute approximate surface area is 169 Å². The van der Waals surface area contributed by atoms with Gasteiger partial charge in [-0.3, -0.25) is 14.9 Å². The molecule has 1 atom stereocenters. The zero-order chi connectivity index (χ0) is 21.0. The fourth-order valence-electron chi connectivity index (χ4n) is 2.67. The van der Waals surface area contributed by atoms with Crippen LogP contribution in [0.1, 0.15) is 20.5 Å². The third-order valence-corrected chi connectivity index (χ3v) is 7.38. The molecule has 0 saturated heterocycles. The molecule has 2 aromatic carbocycles. The molecule has 3 aromatic rings. The average Bonchev–Trinajstić information content (AvgIpc) is 3.22. The Kier molecular flexibility index (Phi) is 6.04. The second-order valence-electron chi connectivity index (χ2n) is 6.02. The number of hydrogen-bond acceptors (Lipinski definition) is 6. The van der Waals surface area contributed by atoms with Gasteiger partial charge in [-0.15, -0.1) is 11.3 Å². The molecule has 0 aliphatic carbocycles. The summed E-state index contributed by atoms with van der Waals surface area (Å²) in [6.45, 7) is -0.248. The number of nitro benzene ring substituents is 1. The van der Waals surface area contributed by atoms with Gasteiger partial charge >= 0.3 is 0 Å². The molecule has 1 N–H and O–H groups in total. The molecule has 1 aromatic heterocycles. The van der Waals surface area contributed by atoms with Crippen LogP contribution >= 0.6 is 11.3 Å². The molecule has 0 bridgehead atoms. The van der Waals surface area contributed by atoms with Crippen molar-refractivity contribution in [2.24, 2.45) is 0 Å². The quantitative estimate of drug-likeness (QED) is 0.346. The Morgan fingerprint density at radius 3 is 2.48 bits per heavy atom. The number of nitrogens with zero attached hydrogens (tertiary/aromatic N) is 1. The topological polar surface area (TPSA) is 106 Å². The van der Waals surface area contributed by atoms with E-state index in [2.05, 4.69) is 5.32 Å². The van der Waals surface area contributed by atoms with Gasteiger partial charge in [-0.25, -0.2) is 12.8 Å². The van der Waals surface area contributed by atoms with Crippen LogP contribution in [0.4, 0.5) is 10.1 Å². The third kappa shape index (κ3) is 4.66. The Balaban J connectivity index is 1.86. The number of carbonyl (C=O) groups excluding carboxylic acids is 1. The minimum atomic E-state index is -3.92. The van der Waals surface area contributed by atoms with Crippen molar-refractivity contribution in [2.45, 2.75) is 10.1 Å². The van der Waals surface area contributed by atoms with Gasteiger partial charge in [0.15, 0.2) is 9.84 Å². The number of rotatable bonds is 7. The van der Waals surface area contributed by atoms with Crippen molar-refractivity contribution in [1.29, 1.82) is 0 Å². The summed E-state index contributed by atoms with van der Waals surface area (Å²) in [7, 11) is -3.92. The van der Waals surface area contributed by atoms with Gasteiger partial charge in [-0.05, 0) is 41.8 Å². The van der Waals surface area contributed by atoms with Crippen molar-refractivity contribution < 1.29 is 22.5 Å². The monoisotopic (exact) mass is 434 g/mol. The summed E-state index contributed by atoms with van der Waals surface area (Å²) in [5, 5.41) is 14.0. The van der Waals surface area contributed by atoms with Crippen LogP contribution in [-0.2, 0) is 9.84 Å². The first-order chi connectivity index (χ1) is 13.8. The summed E-state index contributed by atoms with van der Waals surface area (Å²) < 4.78 is 39.3. The lowest BCUT2D eigenvalue weighted by molar-refractivity contribution is -0.384. The van der Waals surface area contributed by atoms with Crippen molar-refractivity contribution in [3.63, 3.8) is 0 Å². The summed E-state index contributed by atoms with van der Waals surface area (Å²) >= 11 is 1.22. The molecule has 1 amide bonds. The molecule has 1 heterocycles. The lowest BCUT2D eigenvalue weighted by Gasteiger charge is -2.17. The van der Waals surface area contributed by atoms with Gasteiger partial charge in [-0.1, -0.05) is 12.1 Å². The number of nitro groups is 1. The van der Waals surface area contributed by atoms with Crippen molar-refractivity contribution in [3.8, 4) is 0 Å². The Morgan fingerprint density at radius 1 is 1.14 bits per heavy atom. The third-order valence-electron chi connectivity index (χ3n) is 4.14. The van der Waals surface area contributed by atoms with Gasteiger partial charge in [0.25, 0.3) is 11.6 Å². The second-order valence-corrected chi connectivity index (χ2v) is 9.13. The predicted molar refractivity (Wildman–Crippen MR) is 106 cm³/mol. The standard InChI is InChI=1S/C19H15FN2O5S2/c20-14-6-8-16(9-7-14)29(26,27)18(17-5-2-10-28-17)12-21-19(23)13-3-1-4-15(11-13)22(24)25/h1-11,18H,12H2,(H,21,23). The minimum Gasteiger partial charge on any atom is -0.350 e. The zero-order valence-electron chi connectivity index (χ0n) is 14.8. The number of halogens is 1. The number of carbonyl (C=O) groups is 1. The molecule has 7 nitrogen and oxygen atoms in total. The summed E-state index contributed by atoms with van der Waals surface area (Å²) in [6, 6.07) is 12.9. The van der Waals surface area contributed by atoms with E-state index in [1.807, 2.05) is 0 Å². The van der Waals surface area contributed by atoms with Crippen molar-refractivity contribution in [3.05, 3.63) is 92.4 Å². The number of nitrogens with one attached hydrogen (secondary N) is 1. The molecule has 150 valence electrons. The van der Waals surface area contributed by atoms with E-state index in [1.165, 1.54) is 41.7 Å². The largest absolute Gasteiger partial charge is 0.350 e. The van der Waals surface area contributed by atoms with Crippen molar-refractivity contribution in [2.75, 3.05) is 6.54 Å². The Morgan fingerprint density at radius 2 is 1.86 bits per heavy atom. The van der Waals surface area contributed by atoms with Crippen LogP contribution < -0.4 is 5.32 Å². The lowest BCUT2D eigenvalue weighted by atomic mass is 10.2. The van der Waals surface area contributed by atoms with Crippen molar-refractivity contribution in [1.82, 2.24) is 5.32 Å². The van der Waals surface area contributed by atoms with E-state index >= 15 is 0 Å². The number of hydrogen-bond donors (Lipinski definition) is 1. The molecule has 0 spiro atoms. The molecule has 29 heavy (non-hydrogen) atoms. The van der Waals surface area contributed by atoms with Crippen LogP contribution in [0.15, 0.2) is 70.9 Å². The smallest absolute Gasteiger partial charge is 0.270 e. The van der Waals surface area contributed by atoms with Gasteiger partial charge in [-0.2, -0.15) is 0 Å². The van der Waals surface area contributed by atoms with E-state index in [0.717, 1.165) is 18.2 Å². The van der Waals surface area contributed by atoms with Crippen LogP contribution in [0.25, 0.3) is 0 Å². The molecule has 0 fully saturated rings. The van der Waals surface area contributed by atoms with Gasteiger partial charge in [0.05, 0.1) is 9.82 Å². The fourth-order valence-corrected chi connectivity index (χ4v) is 5.46. The summed E-state index contributed by atoms with van der Waals surface area (Å²) in [4.78, 5) is 23.1. The van der Waals surface area contributed by atoms with Crippen LogP contribution in [-0.4, -0.2) is 25.8 Å². The van der Waals surface area contributed by atoms with Gasteiger partial charge in [0.1, 0.15) is 11.1 Å². The molecule has 0 aliphatic rings. The van der Waals surface area contributed by atoms with Gasteiger partial charge < -0.3 is 5.32 Å². The normalized spacial score (nSPS) is 12.3. The highest BCUT2D eigenvalue weighted by Gasteiger charge is 2.30. The van der Waals surface area contributed by atoms with E-state index in [-0.39, 0.29) is 22.7 Å². The summed E-state index contributed by atoms with van der Waals surface area (Å²) in [6.07, 6.45) is 0. The number of thiophene rings is 1. The Hall–Kier alpha value is -3.11. The van der Waals surface area contributed by atoms with E-state index < -0.39 is 31.7 Å². The fraction of sp³-hybridized carbons (Fsp3) is 0.105. The van der Waals surface area contributed by atoms with Gasteiger partial charge in [0, 0.05) is 29.1 Å². The first-order valence-electron chi connectivity index (χ1n) is 8.34. The predicted octanol–water partition coefficient (Wildman–Crippen LogP) is 3.74. The summed E-state index contributed by atoms with van der Waals surface area (Å²) in [5.74, 6) is -1.19. The number of benzene rings is 2. The molecule has 10 heteroatoms. The highest BCUT2D eigenvalue weighted by Crippen LogP contribution is 2.31. The van der Waals surface area contributed by atoms with Crippen LogP contribution in [0.5, 0.6) is 0 Å². The van der Waals surface area contributed by atoms with Crippen LogP contribution in [0.3, 0.4) is 0 Å². The second kappa shape index (κ2) is 8.50. The zero-order valence-corrected chi connectivity index (χ0v) is 16.5. The lowest BCUT2D eigenvalue weighted by Crippen LogP contribution is -2.31. The molecular weight excluding hydrogens is 419 g/mol. The molecule has 1 unspecified atom stereocenters. The van der Waals surface area contributed by atoms with E-state index in [0.29, 0.717) is 4.88 Å². The highest BCUT2D eigenvalue weighted by molar-refractivity contribution is 7.91. The molecule has 3 rings (SSSR count). The molecule has 0 radical (unpaired) electrons. The number of sulfone groups is 1. The van der Waals surface area contributed by atoms with Crippen molar-refractivity contribution >= 4 is 32.8 Å². The molecular formula is C19H15FN2O5S2. The maximum atomic E-state index is 13.2. The van der Waals surface area contributed by atoms with E-state index in [1.54, 1.807) is 17.5 Å². The average molecular weight is 434 g/mol. The minimum absolute atomic E-state index is 0.0447. The number of non-ortho nitro benzene ring substituents is 1. The van der Waals surface area contributed by atoms with E-state index in [9.17, 15) is 27.7 Å². The Bertz CT molecular complexity index is 1130. The maximum absolute atomic E-state index is 13.2. The molecule has 0 saturated carbocycles. The molecule has 0 aliphatic heterocycles.